The first kappa shape index (κ1) is 13.8. The third-order valence-electron chi connectivity index (χ3n) is 3.37. The Morgan fingerprint density at radius 1 is 1.37 bits per heavy atom. The van der Waals surface area contributed by atoms with Gasteiger partial charge in [-0.2, -0.15) is 4.37 Å². The molecule has 102 valence electrons. The van der Waals surface area contributed by atoms with E-state index in [1.807, 2.05) is 18.3 Å². The predicted molar refractivity (Wildman–Crippen MR) is 82.3 cm³/mol. The summed E-state index contributed by atoms with van der Waals surface area (Å²) in [6.07, 6.45) is 5.94. The van der Waals surface area contributed by atoms with E-state index >= 15 is 0 Å². The van der Waals surface area contributed by atoms with E-state index in [9.17, 15) is 0 Å². The number of hydrogen-bond donors (Lipinski definition) is 2. The fraction of sp³-hybridized carbons (Fsp3) is 0.429. The first-order valence-electron chi connectivity index (χ1n) is 6.65. The van der Waals surface area contributed by atoms with E-state index < -0.39 is 0 Å². The summed E-state index contributed by atoms with van der Waals surface area (Å²) in [5.74, 6) is 1.26. The molecule has 0 radical (unpaired) electrons. The number of aromatic nitrogens is 2. The van der Waals surface area contributed by atoms with Crippen molar-refractivity contribution in [3.05, 3.63) is 24.5 Å². The molecule has 3 N–H and O–H groups in total. The van der Waals surface area contributed by atoms with Gasteiger partial charge in [-0.15, -0.1) is 0 Å². The second-order valence-corrected chi connectivity index (χ2v) is 5.35. The van der Waals surface area contributed by atoms with Crippen molar-refractivity contribution in [3.8, 4) is 11.1 Å². The van der Waals surface area contributed by atoms with E-state index in [1.54, 1.807) is 6.20 Å². The van der Waals surface area contributed by atoms with Crippen LogP contribution in [-0.4, -0.2) is 15.9 Å². The van der Waals surface area contributed by atoms with Crippen LogP contribution in [0, 0.1) is 5.92 Å². The molecule has 0 saturated heterocycles. The summed E-state index contributed by atoms with van der Waals surface area (Å²) in [6.45, 7) is 5.40. The molecule has 19 heavy (non-hydrogen) atoms. The Bertz CT molecular complexity index is 505. The summed E-state index contributed by atoms with van der Waals surface area (Å²) < 4.78 is 4.25. The Balaban J connectivity index is 2.19. The Morgan fingerprint density at radius 3 is 2.79 bits per heavy atom. The van der Waals surface area contributed by atoms with Gasteiger partial charge in [0.25, 0.3) is 0 Å². The molecule has 2 aromatic rings. The van der Waals surface area contributed by atoms with Gasteiger partial charge < -0.3 is 11.1 Å². The van der Waals surface area contributed by atoms with Crippen LogP contribution in [0.2, 0.25) is 0 Å². The topological polar surface area (TPSA) is 63.8 Å². The summed E-state index contributed by atoms with van der Waals surface area (Å²) >= 11 is 1.42. The Labute approximate surface area is 118 Å². The first-order chi connectivity index (χ1) is 9.26. The van der Waals surface area contributed by atoms with Crippen LogP contribution < -0.4 is 11.1 Å². The zero-order chi connectivity index (χ0) is 13.7. The molecule has 0 bridgehead atoms. The minimum Gasteiger partial charge on any atom is -0.382 e. The fourth-order valence-electron chi connectivity index (χ4n) is 2.03. The molecule has 2 rings (SSSR count). The number of nitrogens with two attached hydrogens (primary N) is 1. The van der Waals surface area contributed by atoms with Gasteiger partial charge in [-0.1, -0.05) is 32.8 Å². The van der Waals surface area contributed by atoms with E-state index in [4.69, 9.17) is 5.73 Å². The maximum atomic E-state index is 5.98. The van der Waals surface area contributed by atoms with Crippen molar-refractivity contribution in [2.24, 2.45) is 5.92 Å². The minimum atomic E-state index is 0.574. The highest BCUT2D eigenvalue weighted by atomic mass is 32.1. The van der Waals surface area contributed by atoms with Crippen LogP contribution in [0.4, 0.5) is 10.8 Å². The summed E-state index contributed by atoms with van der Waals surface area (Å²) in [6, 6.07) is 3.92. The smallest absolute Gasteiger partial charge is 0.147 e. The molecule has 0 aromatic carbocycles. The van der Waals surface area contributed by atoms with Gasteiger partial charge in [-0.05, 0) is 23.5 Å². The molecule has 0 fully saturated rings. The average molecular weight is 276 g/mol. The molecule has 0 atom stereocenters. The number of pyridine rings is 1. The van der Waals surface area contributed by atoms with Crippen LogP contribution in [-0.2, 0) is 0 Å². The van der Waals surface area contributed by atoms with Crippen molar-refractivity contribution in [1.29, 1.82) is 0 Å². The number of nitrogen functional groups attached to an aromatic ring is 1. The van der Waals surface area contributed by atoms with Crippen LogP contribution >= 0.6 is 11.5 Å². The quantitative estimate of drug-likeness (QED) is 0.845. The van der Waals surface area contributed by atoms with Crippen LogP contribution in [0.25, 0.3) is 11.1 Å². The van der Waals surface area contributed by atoms with Gasteiger partial charge in [0.2, 0.25) is 0 Å². The molecule has 0 aliphatic carbocycles. The normalized spacial score (nSPS) is 10.9. The molecule has 0 aliphatic heterocycles. The zero-order valence-corrected chi connectivity index (χ0v) is 12.2. The van der Waals surface area contributed by atoms with Crippen LogP contribution in [0.5, 0.6) is 0 Å². The number of nitrogens with one attached hydrogen (secondary N) is 1. The number of hydrogen-bond acceptors (Lipinski definition) is 5. The Hall–Kier alpha value is -1.62. The van der Waals surface area contributed by atoms with Gasteiger partial charge >= 0.3 is 0 Å². The van der Waals surface area contributed by atoms with Crippen molar-refractivity contribution in [1.82, 2.24) is 9.36 Å². The minimum absolute atomic E-state index is 0.574. The van der Waals surface area contributed by atoms with Gasteiger partial charge in [0.1, 0.15) is 10.8 Å². The lowest BCUT2D eigenvalue weighted by Gasteiger charge is -2.14. The van der Waals surface area contributed by atoms with Crippen LogP contribution in [0.3, 0.4) is 0 Å². The molecule has 0 saturated carbocycles. The second-order valence-electron chi connectivity index (χ2n) is 4.58. The van der Waals surface area contributed by atoms with E-state index in [1.165, 1.54) is 24.4 Å². The molecule has 2 heterocycles. The Kier molecular flexibility index (Phi) is 4.74. The highest BCUT2D eigenvalue weighted by Crippen LogP contribution is 2.36. The summed E-state index contributed by atoms with van der Waals surface area (Å²) in [5, 5.41) is 4.52. The fourth-order valence-corrected chi connectivity index (χ4v) is 2.77. The van der Waals surface area contributed by atoms with Gasteiger partial charge in [0, 0.05) is 24.5 Å². The van der Waals surface area contributed by atoms with E-state index in [-0.39, 0.29) is 0 Å². The van der Waals surface area contributed by atoms with Crippen LogP contribution in [0.15, 0.2) is 24.5 Å². The highest BCUT2D eigenvalue weighted by molar-refractivity contribution is 7.11. The summed E-state index contributed by atoms with van der Waals surface area (Å²) in [7, 11) is 0. The lowest BCUT2D eigenvalue weighted by atomic mass is 10.0. The van der Waals surface area contributed by atoms with Gasteiger partial charge in [0.15, 0.2) is 0 Å². The molecule has 4 nitrogen and oxygen atoms in total. The first-order valence-corrected chi connectivity index (χ1v) is 7.43. The van der Waals surface area contributed by atoms with E-state index in [2.05, 4.69) is 28.5 Å². The van der Waals surface area contributed by atoms with Crippen molar-refractivity contribution in [2.75, 3.05) is 17.6 Å². The summed E-state index contributed by atoms with van der Waals surface area (Å²) in [4.78, 5) is 4.14. The lowest BCUT2D eigenvalue weighted by Crippen LogP contribution is -2.12. The van der Waals surface area contributed by atoms with Gasteiger partial charge in [-0.3, -0.25) is 4.98 Å². The largest absolute Gasteiger partial charge is 0.382 e. The third kappa shape index (κ3) is 3.23. The number of anilines is 2. The number of nitrogens with zero attached hydrogens (tertiary/aromatic N) is 2. The maximum Gasteiger partial charge on any atom is 0.147 e. The van der Waals surface area contributed by atoms with Crippen molar-refractivity contribution in [3.63, 3.8) is 0 Å². The molecule has 5 heteroatoms. The molecule has 0 amide bonds. The van der Waals surface area contributed by atoms with Gasteiger partial charge in [0.05, 0.1) is 5.56 Å². The van der Waals surface area contributed by atoms with Crippen molar-refractivity contribution < 1.29 is 0 Å². The molecule has 0 aliphatic rings. The molecular weight excluding hydrogens is 256 g/mol. The maximum absolute atomic E-state index is 5.98. The lowest BCUT2D eigenvalue weighted by molar-refractivity contribution is 0.519. The molecule has 2 aromatic heterocycles. The predicted octanol–water partition coefficient (Wildman–Crippen LogP) is 3.64. The SMILES string of the molecule is CCC(CC)CNc1snc(N)c1-c1cccnc1. The highest BCUT2D eigenvalue weighted by Gasteiger charge is 2.14. The van der Waals surface area contributed by atoms with Crippen molar-refractivity contribution in [2.45, 2.75) is 26.7 Å². The zero-order valence-electron chi connectivity index (χ0n) is 11.4. The van der Waals surface area contributed by atoms with E-state index in [0.717, 1.165) is 22.7 Å². The van der Waals surface area contributed by atoms with E-state index in [0.29, 0.717) is 11.7 Å². The monoisotopic (exact) mass is 276 g/mol. The molecular formula is C14H20N4S. The number of rotatable bonds is 6. The summed E-state index contributed by atoms with van der Waals surface area (Å²) in [5.41, 5.74) is 7.97. The van der Waals surface area contributed by atoms with Gasteiger partial charge in [-0.25, -0.2) is 0 Å². The Morgan fingerprint density at radius 2 is 2.16 bits per heavy atom. The molecule has 0 spiro atoms. The molecule has 0 unspecified atom stereocenters. The standard InChI is InChI=1S/C14H20N4S/c1-3-10(4-2)8-17-14-12(13(15)18-19-14)11-6-5-7-16-9-11/h5-7,9-10,17H,3-4,8H2,1-2H3,(H2,15,18). The average Bonchev–Trinajstić information content (AvgIpc) is 2.82. The third-order valence-corrected chi connectivity index (χ3v) is 4.19. The van der Waals surface area contributed by atoms with Crippen LogP contribution in [0.1, 0.15) is 26.7 Å². The van der Waals surface area contributed by atoms with Crippen molar-refractivity contribution >= 4 is 22.4 Å². The second kappa shape index (κ2) is 6.52.